The number of aryl methyl sites for hydroxylation is 1. The quantitative estimate of drug-likeness (QED) is 0.674. The van der Waals surface area contributed by atoms with E-state index >= 15 is 0 Å². The van der Waals surface area contributed by atoms with E-state index in [-0.39, 0.29) is 0 Å². The van der Waals surface area contributed by atoms with Gasteiger partial charge in [-0.15, -0.1) is 0 Å². The molecule has 0 spiro atoms. The Morgan fingerprint density at radius 2 is 1.92 bits per heavy atom. The Kier molecular flexibility index (Phi) is 3.53. The van der Waals surface area contributed by atoms with Crippen molar-refractivity contribution in [2.24, 2.45) is 0 Å². The van der Waals surface area contributed by atoms with E-state index in [0.717, 1.165) is 54.2 Å². The average Bonchev–Trinajstić information content (AvgIpc) is 2.99. The van der Waals surface area contributed by atoms with Crippen molar-refractivity contribution in [2.45, 2.75) is 25.7 Å². The zero-order valence-corrected chi connectivity index (χ0v) is 14.9. The largest absolute Gasteiger partial charge is 0.378 e. The third-order valence-corrected chi connectivity index (χ3v) is 6.21. The lowest BCUT2D eigenvalue weighted by atomic mass is 9.89. The number of hydrogen-bond donors (Lipinski definition) is 1. The number of anilines is 1. The van der Waals surface area contributed by atoms with Crippen molar-refractivity contribution in [1.82, 2.24) is 15.2 Å². The first kappa shape index (κ1) is 14.7. The highest BCUT2D eigenvalue weighted by molar-refractivity contribution is 7.71. The lowest BCUT2D eigenvalue weighted by molar-refractivity contribution is 0.122. The van der Waals surface area contributed by atoms with Crippen LogP contribution in [0.5, 0.6) is 0 Å². The van der Waals surface area contributed by atoms with Crippen molar-refractivity contribution < 1.29 is 4.74 Å². The fraction of sp³-hybridized carbons (Fsp3) is 0.471. The number of aromatic amines is 1. The summed E-state index contributed by atoms with van der Waals surface area (Å²) in [5.41, 5.74) is 2.91. The highest BCUT2D eigenvalue weighted by Gasteiger charge is 2.25. The summed E-state index contributed by atoms with van der Waals surface area (Å²) in [5, 5.41) is 9.79. The van der Waals surface area contributed by atoms with Crippen LogP contribution in [0.3, 0.4) is 0 Å². The Morgan fingerprint density at radius 3 is 2.75 bits per heavy atom. The van der Waals surface area contributed by atoms with Gasteiger partial charge in [0.05, 0.1) is 13.2 Å². The first-order valence-corrected chi connectivity index (χ1v) is 9.70. The number of thiophene rings is 1. The van der Waals surface area contributed by atoms with Gasteiger partial charge in [-0.25, -0.2) is 4.98 Å². The van der Waals surface area contributed by atoms with Crippen LogP contribution in [0.2, 0.25) is 0 Å². The molecule has 124 valence electrons. The van der Waals surface area contributed by atoms with Gasteiger partial charge in [-0.2, -0.15) is 5.10 Å². The van der Waals surface area contributed by atoms with E-state index in [2.05, 4.69) is 15.1 Å². The molecule has 2 aliphatic rings. The van der Waals surface area contributed by atoms with Gasteiger partial charge in [0, 0.05) is 23.9 Å². The SMILES string of the molecule is S=c1cc2c(n[nH]1)sc1nc(N3CCOCC3)c3c(c12)CCCC3. The number of nitrogens with zero attached hydrogens (tertiary/aromatic N) is 3. The minimum Gasteiger partial charge on any atom is -0.378 e. The summed E-state index contributed by atoms with van der Waals surface area (Å²) in [6.07, 6.45) is 4.75. The van der Waals surface area contributed by atoms with Crippen LogP contribution in [0.1, 0.15) is 24.0 Å². The molecule has 1 aliphatic heterocycles. The van der Waals surface area contributed by atoms with Gasteiger partial charge in [0.2, 0.25) is 0 Å². The second kappa shape index (κ2) is 5.75. The van der Waals surface area contributed by atoms with Crippen LogP contribution in [0.25, 0.3) is 20.4 Å². The molecule has 3 aromatic rings. The predicted octanol–water partition coefficient (Wildman–Crippen LogP) is 3.62. The van der Waals surface area contributed by atoms with Crippen LogP contribution < -0.4 is 4.90 Å². The Bertz CT molecular complexity index is 988. The van der Waals surface area contributed by atoms with Gasteiger partial charge in [-0.1, -0.05) is 23.6 Å². The van der Waals surface area contributed by atoms with E-state index in [1.165, 1.54) is 35.2 Å². The maximum atomic E-state index is 5.52. The standard InChI is InChI=1S/C17H18N4OS2/c23-13-9-12-14-10-3-1-2-4-11(10)15(21-5-7-22-8-6-21)18-17(14)24-16(12)20-19-13/h9H,1-8H2,(H,19,23). The summed E-state index contributed by atoms with van der Waals surface area (Å²) >= 11 is 6.96. The second-order valence-electron chi connectivity index (χ2n) is 6.43. The van der Waals surface area contributed by atoms with Crippen molar-refractivity contribution in [3.63, 3.8) is 0 Å². The number of fused-ring (bicyclic) bond motifs is 5. The number of aromatic nitrogens is 3. The van der Waals surface area contributed by atoms with Gasteiger partial charge >= 0.3 is 0 Å². The van der Waals surface area contributed by atoms with E-state index in [9.17, 15) is 0 Å². The molecule has 0 saturated carbocycles. The summed E-state index contributed by atoms with van der Waals surface area (Å²) in [7, 11) is 0. The number of rotatable bonds is 1. The molecular formula is C17H18N4OS2. The Hall–Kier alpha value is -1.57. The number of morpholine rings is 1. The number of H-pyrrole nitrogens is 1. The maximum Gasteiger partial charge on any atom is 0.146 e. The molecule has 1 fully saturated rings. The fourth-order valence-electron chi connectivity index (χ4n) is 3.90. The molecule has 0 bridgehead atoms. The van der Waals surface area contributed by atoms with E-state index in [0.29, 0.717) is 4.64 Å². The van der Waals surface area contributed by atoms with Crippen LogP contribution in [-0.2, 0) is 17.6 Å². The van der Waals surface area contributed by atoms with E-state index < -0.39 is 0 Å². The smallest absolute Gasteiger partial charge is 0.146 e. The average molecular weight is 358 g/mol. The normalized spacial score (nSPS) is 18.2. The monoisotopic (exact) mass is 358 g/mol. The molecule has 0 aromatic carbocycles. The first-order valence-electron chi connectivity index (χ1n) is 8.47. The van der Waals surface area contributed by atoms with Gasteiger partial charge in [0.15, 0.2) is 0 Å². The molecule has 0 unspecified atom stereocenters. The Balaban J connectivity index is 1.82. The van der Waals surface area contributed by atoms with Crippen molar-refractivity contribution in [1.29, 1.82) is 0 Å². The van der Waals surface area contributed by atoms with Crippen molar-refractivity contribution >= 4 is 49.8 Å². The number of ether oxygens (including phenoxy) is 1. The summed E-state index contributed by atoms with van der Waals surface area (Å²) in [5.74, 6) is 1.18. The van der Waals surface area contributed by atoms with Gasteiger partial charge in [-0.05, 0) is 42.9 Å². The zero-order chi connectivity index (χ0) is 16.1. The van der Waals surface area contributed by atoms with Crippen LogP contribution >= 0.6 is 23.6 Å². The lowest BCUT2D eigenvalue weighted by Gasteiger charge is -2.31. The van der Waals surface area contributed by atoms with E-state index in [1.807, 2.05) is 6.07 Å². The van der Waals surface area contributed by atoms with E-state index in [1.54, 1.807) is 11.3 Å². The minimum atomic E-state index is 0.684. The molecule has 24 heavy (non-hydrogen) atoms. The van der Waals surface area contributed by atoms with Crippen molar-refractivity contribution in [3.8, 4) is 0 Å². The van der Waals surface area contributed by atoms with Crippen LogP contribution in [-0.4, -0.2) is 41.5 Å². The van der Waals surface area contributed by atoms with Crippen LogP contribution in [0.15, 0.2) is 6.07 Å². The molecule has 3 aromatic heterocycles. The molecule has 1 aliphatic carbocycles. The molecule has 5 rings (SSSR count). The summed E-state index contributed by atoms with van der Waals surface area (Å²) in [6.45, 7) is 3.43. The van der Waals surface area contributed by atoms with Gasteiger partial charge in [0.1, 0.15) is 20.1 Å². The predicted molar refractivity (Wildman–Crippen MR) is 99.8 cm³/mol. The third kappa shape index (κ3) is 2.26. The molecule has 0 radical (unpaired) electrons. The number of hydrogen-bond acceptors (Lipinski definition) is 6. The summed E-state index contributed by atoms with van der Waals surface area (Å²) in [4.78, 5) is 9.57. The highest BCUT2D eigenvalue weighted by atomic mass is 32.1. The molecular weight excluding hydrogens is 340 g/mol. The summed E-state index contributed by atoms with van der Waals surface area (Å²) in [6, 6.07) is 2.04. The lowest BCUT2D eigenvalue weighted by Crippen LogP contribution is -2.37. The number of nitrogens with one attached hydrogen (secondary N) is 1. The number of pyridine rings is 1. The minimum absolute atomic E-state index is 0.684. The summed E-state index contributed by atoms with van der Waals surface area (Å²) < 4.78 is 6.21. The van der Waals surface area contributed by atoms with Crippen molar-refractivity contribution in [2.75, 3.05) is 31.2 Å². The van der Waals surface area contributed by atoms with Crippen LogP contribution in [0, 0.1) is 4.64 Å². The van der Waals surface area contributed by atoms with E-state index in [4.69, 9.17) is 21.9 Å². The topological polar surface area (TPSA) is 54.0 Å². The molecule has 0 atom stereocenters. The van der Waals surface area contributed by atoms with Gasteiger partial charge < -0.3 is 9.64 Å². The third-order valence-electron chi connectivity index (χ3n) is 5.01. The van der Waals surface area contributed by atoms with Crippen LogP contribution in [0.4, 0.5) is 5.82 Å². The highest BCUT2D eigenvalue weighted by Crippen LogP contribution is 2.41. The fourth-order valence-corrected chi connectivity index (χ4v) is 5.08. The molecule has 1 N–H and O–H groups in total. The van der Waals surface area contributed by atoms with Gasteiger partial charge in [-0.3, -0.25) is 5.10 Å². The molecule has 0 amide bonds. The molecule has 4 heterocycles. The van der Waals surface area contributed by atoms with Gasteiger partial charge in [0.25, 0.3) is 0 Å². The Morgan fingerprint density at radius 1 is 1.12 bits per heavy atom. The first-order chi connectivity index (χ1) is 11.8. The second-order valence-corrected chi connectivity index (χ2v) is 7.85. The zero-order valence-electron chi connectivity index (χ0n) is 13.3. The Labute approximate surface area is 148 Å². The molecule has 5 nitrogen and oxygen atoms in total. The van der Waals surface area contributed by atoms with Crippen molar-refractivity contribution in [3.05, 3.63) is 21.8 Å². The maximum absolute atomic E-state index is 5.52. The molecule has 7 heteroatoms. The molecule has 1 saturated heterocycles.